The summed E-state index contributed by atoms with van der Waals surface area (Å²) in [6, 6.07) is 7.34. The van der Waals surface area contributed by atoms with E-state index in [2.05, 4.69) is 4.90 Å². The van der Waals surface area contributed by atoms with Crippen LogP contribution in [0, 0.1) is 0 Å². The molecule has 0 heterocycles. The van der Waals surface area contributed by atoms with E-state index in [9.17, 15) is 4.79 Å². The smallest absolute Gasteiger partial charge is 0.248 e. The maximum absolute atomic E-state index is 10.7. The van der Waals surface area contributed by atoms with Crippen molar-refractivity contribution < 1.29 is 6.22 Å². The number of benzene rings is 1. The van der Waals surface area contributed by atoms with Gasteiger partial charge in [-0.15, -0.1) is 0 Å². The summed E-state index contributed by atoms with van der Waals surface area (Å²) >= 11 is 0. The van der Waals surface area contributed by atoms with Gasteiger partial charge in [-0.1, -0.05) is 26.0 Å². The molecule has 1 aromatic rings. The average Bonchev–Trinajstić information content (AvgIpc) is 2.20. The Morgan fingerprint density at radius 1 is 1.27 bits per heavy atom. The summed E-state index contributed by atoms with van der Waals surface area (Å²) in [5.74, 6) is -0.378. The summed E-state index contributed by atoms with van der Waals surface area (Å²) in [4.78, 5) is 12.8. The highest BCUT2D eigenvalue weighted by Crippen LogP contribution is 2.05. The van der Waals surface area contributed by atoms with Gasteiger partial charge in [0.1, 0.15) is 0 Å². The zero-order valence-electron chi connectivity index (χ0n) is 9.95. The van der Waals surface area contributed by atoms with Gasteiger partial charge in [-0.2, -0.15) is 0 Å². The molecule has 86 valence electrons. The minimum absolute atomic E-state index is 0. The van der Waals surface area contributed by atoms with E-state index in [4.69, 9.17) is 5.73 Å². The molecular formula is C12H22N2O. The summed E-state index contributed by atoms with van der Waals surface area (Å²) in [5, 5.41) is 0. The van der Waals surface area contributed by atoms with Crippen LogP contribution in [0.4, 0.5) is 0 Å². The third-order valence-corrected chi connectivity index (χ3v) is 1.74. The fraction of sp³-hybridized carbons (Fsp3) is 0.417. The highest BCUT2D eigenvalue weighted by molar-refractivity contribution is 5.92. The van der Waals surface area contributed by atoms with Crippen LogP contribution < -0.4 is 5.73 Å². The van der Waals surface area contributed by atoms with E-state index in [1.165, 1.54) is 5.56 Å². The maximum Gasteiger partial charge on any atom is 0.248 e. The van der Waals surface area contributed by atoms with Crippen LogP contribution >= 0.6 is 0 Å². The van der Waals surface area contributed by atoms with E-state index in [1.807, 2.05) is 40.1 Å². The van der Waals surface area contributed by atoms with Crippen LogP contribution in [-0.4, -0.2) is 24.9 Å². The van der Waals surface area contributed by atoms with Crippen LogP contribution in [0.2, 0.25) is 0 Å². The lowest BCUT2D eigenvalue weighted by Gasteiger charge is -2.09. The molecule has 0 fully saturated rings. The minimum atomic E-state index is -0.378. The molecule has 0 atom stereocenters. The van der Waals surface area contributed by atoms with Gasteiger partial charge in [0.2, 0.25) is 5.91 Å². The van der Waals surface area contributed by atoms with Crippen molar-refractivity contribution in [3.63, 3.8) is 0 Å². The zero-order chi connectivity index (χ0) is 11.8. The Hall–Kier alpha value is -1.35. The highest BCUT2D eigenvalue weighted by atomic mass is 16.1. The van der Waals surface area contributed by atoms with Crippen molar-refractivity contribution in [2.45, 2.75) is 20.4 Å². The molecule has 3 heteroatoms. The summed E-state index contributed by atoms with van der Waals surface area (Å²) in [7, 11) is 4.00. The molecule has 0 saturated carbocycles. The highest BCUT2D eigenvalue weighted by Gasteiger charge is 1.99. The Morgan fingerprint density at radius 3 is 2.07 bits per heavy atom. The number of nitrogens with two attached hydrogens (primary N) is 1. The molecule has 0 radical (unpaired) electrons. The van der Waals surface area contributed by atoms with Crippen molar-refractivity contribution in [2.24, 2.45) is 5.73 Å². The Labute approximate surface area is 93.4 Å². The van der Waals surface area contributed by atoms with Gasteiger partial charge in [0.05, 0.1) is 0 Å². The first kappa shape index (κ1) is 13.7. The second kappa shape index (κ2) is 7.01. The SMILES string of the molecule is CC.CN(C)Cc1ccc(C(N)=O)cc1.[HH]. The van der Waals surface area contributed by atoms with Gasteiger partial charge in [-0.25, -0.2) is 0 Å². The molecule has 0 bridgehead atoms. The van der Waals surface area contributed by atoms with Gasteiger partial charge < -0.3 is 10.6 Å². The van der Waals surface area contributed by atoms with Gasteiger partial charge in [-0.05, 0) is 31.8 Å². The molecule has 0 spiro atoms. The topological polar surface area (TPSA) is 46.3 Å². The van der Waals surface area contributed by atoms with Crippen molar-refractivity contribution in [1.82, 2.24) is 4.90 Å². The van der Waals surface area contributed by atoms with E-state index >= 15 is 0 Å². The maximum atomic E-state index is 10.7. The molecule has 15 heavy (non-hydrogen) atoms. The van der Waals surface area contributed by atoms with Gasteiger partial charge >= 0.3 is 0 Å². The Morgan fingerprint density at radius 2 is 1.73 bits per heavy atom. The molecule has 0 aliphatic carbocycles. The normalized spacial score (nSPS) is 9.40. The summed E-state index contributed by atoms with van der Waals surface area (Å²) in [6.45, 7) is 4.87. The molecule has 0 saturated heterocycles. The molecule has 2 N–H and O–H groups in total. The molecule has 0 aliphatic rings. The largest absolute Gasteiger partial charge is 0.366 e. The number of primary amides is 1. The number of carbonyl (C=O) groups excluding carboxylic acids is 1. The molecule has 0 aliphatic heterocycles. The van der Waals surface area contributed by atoms with Gasteiger partial charge in [0.25, 0.3) is 0 Å². The molecular weight excluding hydrogens is 188 g/mol. The van der Waals surface area contributed by atoms with Crippen molar-refractivity contribution in [2.75, 3.05) is 14.1 Å². The third-order valence-electron chi connectivity index (χ3n) is 1.74. The average molecular weight is 210 g/mol. The quantitative estimate of drug-likeness (QED) is 0.830. The Bertz CT molecular complexity index is 296. The predicted molar refractivity (Wildman–Crippen MR) is 65.8 cm³/mol. The molecule has 0 unspecified atom stereocenters. The molecule has 0 aromatic heterocycles. The molecule has 1 aromatic carbocycles. The lowest BCUT2D eigenvalue weighted by molar-refractivity contribution is 0.100. The standard InChI is InChI=1S/C10H14N2O.C2H6.H2/c1-12(2)7-8-3-5-9(6-4-8)10(11)13;1-2;/h3-6H,7H2,1-2H3,(H2,11,13);1-2H3;1H. The minimum Gasteiger partial charge on any atom is -0.366 e. The predicted octanol–water partition coefficient (Wildman–Crippen LogP) is 2.12. The van der Waals surface area contributed by atoms with Crippen LogP contribution in [0.15, 0.2) is 24.3 Å². The lowest BCUT2D eigenvalue weighted by Crippen LogP contribution is -2.12. The number of amides is 1. The molecule has 3 nitrogen and oxygen atoms in total. The number of carbonyl (C=O) groups is 1. The second-order valence-electron chi connectivity index (χ2n) is 3.30. The summed E-state index contributed by atoms with van der Waals surface area (Å²) < 4.78 is 0. The Kier molecular flexibility index (Phi) is 6.38. The Balaban J connectivity index is 0. The van der Waals surface area contributed by atoms with E-state index < -0.39 is 0 Å². The van der Waals surface area contributed by atoms with Crippen LogP contribution in [0.5, 0.6) is 0 Å². The lowest BCUT2D eigenvalue weighted by atomic mass is 10.1. The van der Waals surface area contributed by atoms with Crippen LogP contribution in [0.1, 0.15) is 31.2 Å². The number of hydrogen-bond acceptors (Lipinski definition) is 2. The number of rotatable bonds is 3. The number of nitrogens with zero attached hydrogens (tertiary/aromatic N) is 1. The van der Waals surface area contributed by atoms with Crippen molar-refractivity contribution in [3.8, 4) is 0 Å². The van der Waals surface area contributed by atoms with Gasteiger partial charge in [-0.3, -0.25) is 4.79 Å². The van der Waals surface area contributed by atoms with E-state index in [0.717, 1.165) is 6.54 Å². The first-order valence-electron chi connectivity index (χ1n) is 5.13. The number of hydrogen-bond donors (Lipinski definition) is 1. The first-order valence-corrected chi connectivity index (χ1v) is 5.13. The van der Waals surface area contributed by atoms with Gasteiger partial charge in [0.15, 0.2) is 0 Å². The van der Waals surface area contributed by atoms with Crippen molar-refractivity contribution >= 4 is 5.91 Å². The summed E-state index contributed by atoms with van der Waals surface area (Å²) in [5.41, 5.74) is 6.85. The fourth-order valence-corrected chi connectivity index (χ4v) is 1.14. The van der Waals surface area contributed by atoms with Crippen molar-refractivity contribution in [1.29, 1.82) is 0 Å². The van der Waals surface area contributed by atoms with Crippen LogP contribution in [0.25, 0.3) is 0 Å². The van der Waals surface area contributed by atoms with E-state index in [0.29, 0.717) is 5.56 Å². The van der Waals surface area contributed by atoms with E-state index in [-0.39, 0.29) is 7.33 Å². The van der Waals surface area contributed by atoms with Crippen LogP contribution in [-0.2, 0) is 6.54 Å². The zero-order valence-corrected chi connectivity index (χ0v) is 9.95. The second-order valence-corrected chi connectivity index (χ2v) is 3.30. The first-order chi connectivity index (χ1) is 7.09. The van der Waals surface area contributed by atoms with Crippen molar-refractivity contribution in [3.05, 3.63) is 35.4 Å². The summed E-state index contributed by atoms with van der Waals surface area (Å²) in [6.07, 6.45) is 0. The molecule has 1 amide bonds. The van der Waals surface area contributed by atoms with E-state index in [1.54, 1.807) is 12.1 Å². The monoisotopic (exact) mass is 210 g/mol. The van der Waals surface area contributed by atoms with Gasteiger partial charge in [0, 0.05) is 13.5 Å². The molecule has 1 rings (SSSR count). The van der Waals surface area contributed by atoms with Crippen LogP contribution in [0.3, 0.4) is 0 Å². The third kappa shape index (κ3) is 5.18. The fourth-order valence-electron chi connectivity index (χ4n) is 1.14.